The first-order valence-electron chi connectivity index (χ1n) is 25.2. The van der Waals surface area contributed by atoms with Crippen molar-refractivity contribution in [1.82, 2.24) is 0 Å². The van der Waals surface area contributed by atoms with Crippen LogP contribution in [0.15, 0.2) is 194 Å². The van der Waals surface area contributed by atoms with Gasteiger partial charge in [0.1, 0.15) is 0 Å². The Labute approximate surface area is 406 Å². The van der Waals surface area contributed by atoms with Crippen LogP contribution in [0.1, 0.15) is 50.7 Å². The van der Waals surface area contributed by atoms with Crippen LogP contribution in [0.4, 0.5) is 0 Å². The molecular formula is C70H46. The van der Waals surface area contributed by atoms with Crippen LogP contribution < -0.4 is 0 Å². The molecule has 0 saturated heterocycles. The zero-order chi connectivity index (χ0) is 46.3. The molecule has 0 spiro atoms. The molecule has 0 bridgehead atoms. The molecule has 0 aromatic heterocycles. The molecule has 0 heteroatoms. The van der Waals surface area contributed by atoms with Crippen molar-refractivity contribution in [2.24, 2.45) is 0 Å². The van der Waals surface area contributed by atoms with Crippen LogP contribution in [0.3, 0.4) is 0 Å². The molecule has 0 atom stereocenters. The van der Waals surface area contributed by atoms with Crippen LogP contribution in [0.2, 0.25) is 0 Å². The van der Waals surface area contributed by atoms with Crippen molar-refractivity contribution in [2.45, 2.75) is 39.5 Å². The Kier molecular flexibility index (Phi) is 7.55. The number of benzene rings is 13. The summed E-state index contributed by atoms with van der Waals surface area (Å²) in [5.74, 6) is 0.816. The van der Waals surface area contributed by atoms with E-state index in [1.807, 2.05) is 0 Å². The molecule has 16 rings (SSSR count). The second kappa shape index (κ2) is 13.7. The van der Waals surface area contributed by atoms with Gasteiger partial charge in [-0.2, -0.15) is 0 Å². The molecule has 70 heavy (non-hydrogen) atoms. The van der Waals surface area contributed by atoms with Crippen LogP contribution in [0.5, 0.6) is 0 Å². The summed E-state index contributed by atoms with van der Waals surface area (Å²) in [7, 11) is 0. The maximum absolute atomic E-state index is 2.57. The largest absolute Gasteiger partial charge is 0.0622 e. The van der Waals surface area contributed by atoms with Gasteiger partial charge in [-0.05, 0) is 198 Å². The molecule has 0 N–H and O–H groups in total. The molecule has 15 aromatic carbocycles. The number of hydrogen-bond donors (Lipinski definition) is 0. The molecule has 0 saturated carbocycles. The minimum Gasteiger partial charge on any atom is -0.0622 e. The van der Waals surface area contributed by atoms with Gasteiger partial charge in [0.05, 0.1) is 0 Å². The highest BCUT2D eigenvalue weighted by Crippen LogP contribution is 2.57. The highest BCUT2D eigenvalue weighted by molar-refractivity contribution is 6.47. The molecular weight excluding hydrogens is 841 g/mol. The Balaban J connectivity index is 1.07. The third-order valence-electron chi connectivity index (χ3n) is 16.8. The topological polar surface area (TPSA) is 0 Å². The first kappa shape index (κ1) is 38.6. The SMILES string of the molecule is CC(C)c1cccc(C(C)C)c1-c1ccc2c3cc4c(-c5ccccc5)c5c6ccc7c8ccc9c%10c(ccc(c%11ccc(c5c(-c5ccccc5)c4cc3c3cccc1c32)c6c%117)c%108)-c1ccccc1-9. The molecule has 15 aromatic rings. The Morgan fingerprint density at radius 3 is 1.11 bits per heavy atom. The normalized spacial score (nSPS) is 12.8. The smallest absolute Gasteiger partial charge is 0.000740 e. The summed E-state index contributed by atoms with van der Waals surface area (Å²) in [6, 6.07) is 74.9. The minimum atomic E-state index is 0.408. The molecule has 0 aliphatic heterocycles. The van der Waals surface area contributed by atoms with E-state index in [1.165, 1.54) is 174 Å². The highest BCUT2D eigenvalue weighted by atomic mass is 14.3. The zero-order valence-corrected chi connectivity index (χ0v) is 39.6. The van der Waals surface area contributed by atoms with E-state index in [9.17, 15) is 0 Å². The lowest BCUT2D eigenvalue weighted by atomic mass is 9.83. The van der Waals surface area contributed by atoms with Crippen LogP contribution in [-0.2, 0) is 0 Å². The lowest BCUT2D eigenvalue weighted by Crippen LogP contribution is -2.00. The van der Waals surface area contributed by atoms with Crippen molar-refractivity contribution in [1.29, 1.82) is 0 Å². The Morgan fingerprint density at radius 2 is 0.600 bits per heavy atom. The van der Waals surface area contributed by atoms with Crippen LogP contribution in [0, 0.1) is 0 Å². The number of hydrogen-bond acceptors (Lipinski definition) is 0. The monoisotopic (exact) mass is 886 g/mol. The van der Waals surface area contributed by atoms with Gasteiger partial charge in [0.25, 0.3) is 0 Å². The second-order valence-corrected chi connectivity index (χ2v) is 20.9. The molecule has 326 valence electrons. The van der Waals surface area contributed by atoms with Gasteiger partial charge in [-0.15, -0.1) is 0 Å². The van der Waals surface area contributed by atoms with E-state index in [4.69, 9.17) is 0 Å². The third kappa shape index (κ3) is 4.76. The van der Waals surface area contributed by atoms with Gasteiger partial charge in [0, 0.05) is 0 Å². The third-order valence-corrected chi connectivity index (χ3v) is 16.8. The molecule has 0 unspecified atom stereocenters. The molecule has 0 heterocycles. The summed E-state index contributed by atoms with van der Waals surface area (Å²) in [5.41, 5.74) is 16.1. The summed E-state index contributed by atoms with van der Waals surface area (Å²) in [6.07, 6.45) is 0. The summed E-state index contributed by atoms with van der Waals surface area (Å²) in [4.78, 5) is 0. The van der Waals surface area contributed by atoms with E-state index in [0.717, 1.165) is 0 Å². The maximum atomic E-state index is 2.57. The first-order chi connectivity index (χ1) is 34.4. The lowest BCUT2D eigenvalue weighted by Gasteiger charge is -2.21. The Morgan fingerprint density at radius 1 is 0.214 bits per heavy atom. The average molecular weight is 887 g/mol. The van der Waals surface area contributed by atoms with E-state index in [0.29, 0.717) is 11.8 Å². The maximum Gasteiger partial charge on any atom is -0.000740 e. The minimum absolute atomic E-state index is 0.408. The predicted molar refractivity (Wildman–Crippen MR) is 304 cm³/mol. The fourth-order valence-electron chi connectivity index (χ4n) is 14.0. The van der Waals surface area contributed by atoms with Crippen LogP contribution in [0.25, 0.3) is 163 Å². The Hall–Kier alpha value is -8.32. The van der Waals surface area contributed by atoms with Gasteiger partial charge in [-0.25, -0.2) is 0 Å². The summed E-state index contributed by atoms with van der Waals surface area (Å²) >= 11 is 0. The van der Waals surface area contributed by atoms with Gasteiger partial charge >= 0.3 is 0 Å². The fraction of sp³-hybridized carbons (Fsp3) is 0.0857. The Bertz CT molecular complexity index is 4470. The van der Waals surface area contributed by atoms with E-state index in [-0.39, 0.29) is 0 Å². The van der Waals surface area contributed by atoms with Crippen molar-refractivity contribution in [2.75, 3.05) is 0 Å². The van der Waals surface area contributed by atoms with E-state index in [2.05, 4.69) is 222 Å². The molecule has 0 radical (unpaired) electrons. The van der Waals surface area contributed by atoms with Crippen molar-refractivity contribution < 1.29 is 0 Å². The summed E-state index contributed by atoms with van der Waals surface area (Å²) in [6.45, 7) is 9.35. The van der Waals surface area contributed by atoms with Gasteiger partial charge in [-0.3, -0.25) is 0 Å². The predicted octanol–water partition coefficient (Wildman–Crippen LogP) is 20.4. The molecule has 0 nitrogen and oxygen atoms in total. The number of rotatable bonds is 5. The molecule has 1 aliphatic rings. The summed E-state index contributed by atoms with van der Waals surface area (Å²) in [5, 5.41) is 26.8. The standard InChI is InChI=1S/C70H46/c1-37(2)41-21-13-22-42(38(3)4)63(41)49-27-30-54-58-36-60-59(35-57(58)46-24-14-23-45(49)64(46)54)61(39-15-7-5-8-16-39)69-55-33-31-52-50-28-25-47-43-19-11-12-20-44(43)48-26-29-51(66(50)65(47)48)53-32-34-56(68(55)67(52)53)70(69)62(60)40-17-9-6-10-18-40/h5-38H,1-4H3. The molecule has 0 amide bonds. The van der Waals surface area contributed by atoms with E-state index in [1.54, 1.807) is 0 Å². The van der Waals surface area contributed by atoms with Crippen molar-refractivity contribution in [3.63, 3.8) is 0 Å². The molecule has 1 aliphatic carbocycles. The van der Waals surface area contributed by atoms with E-state index < -0.39 is 0 Å². The van der Waals surface area contributed by atoms with E-state index >= 15 is 0 Å². The zero-order valence-electron chi connectivity index (χ0n) is 39.6. The van der Waals surface area contributed by atoms with Crippen LogP contribution >= 0.6 is 0 Å². The second-order valence-electron chi connectivity index (χ2n) is 20.9. The van der Waals surface area contributed by atoms with Crippen LogP contribution in [-0.4, -0.2) is 0 Å². The quantitative estimate of drug-likeness (QED) is 0.119. The van der Waals surface area contributed by atoms with Crippen molar-refractivity contribution >= 4 is 108 Å². The fourth-order valence-corrected chi connectivity index (χ4v) is 14.0. The van der Waals surface area contributed by atoms with Gasteiger partial charge < -0.3 is 0 Å². The first-order valence-corrected chi connectivity index (χ1v) is 25.2. The number of fused-ring (bicyclic) bond motifs is 12. The van der Waals surface area contributed by atoms with Gasteiger partial charge in [0.15, 0.2) is 0 Å². The lowest BCUT2D eigenvalue weighted by molar-refractivity contribution is 0.838. The van der Waals surface area contributed by atoms with Gasteiger partial charge in [-0.1, -0.05) is 210 Å². The van der Waals surface area contributed by atoms with Crippen molar-refractivity contribution in [3.8, 4) is 55.6 Å². The summed E-state index contributed by atoms with van der Waals surface area (Å²) < 4.78 is 0. The van der Waals surface area contributed by atoms with Gasteiger partial charge in [0.2, 0.25) is 0 Å². The average Bonchev–Trinajstić information content (AvgIpc) is 4.04. The highest BCUT2D eigenvalue weighted by Gasteiger charge is 2.29. The molecule has 0 fully saturated rings. The van der Waals surface area contributed by atoms with Crippen molar-refractivity contribution in [3.05, 3.63) is 205 Å².